The van der Waals surface area contributed by atoms with Gasteiger partial charge in [-0.1, -0.05) is 11.6 Å². The Bertz CT molecular complexity index is 677. The van der Waals surface area contributed by atoms with Crippen LogP contribution in [0.5, 0.6) is 0 Å². The van der Waals surface area contributed by atoms with Gasteiger partial charge in [-0.15, -0.1) is 12.4 Å². The lowest BCUT2D eigenvalue weighted by Crippen LogP contribution is -2.53. The number of hydrogen-bond donors (Lipinski definition) is 1. The average molecular weight is 413 g/mol. The highest BCUT2D eigenvalue weighted by molar-refractivity contribution is 6.31. The Morgan fingerprint density at radius 2 is 2.04 bits per heavy atom. The van der Waals surface area contributed by atoms with E-state index in [4.69, 9.17) is 16.3 Å². The molecule has 1 aromatic carbocycles. The summed E-state index contributed by atoms with van der Waals surface area (Å²) in [5.74, 6) is -0.159. The highest BCUT2D eigenvalue weighted by Crippen LogP contribution is 2.40. The van der Waals surface area contributed by atoms with Crippen LogP contribution >= 0.6 is 24.0 Å². The van der Waals surface area contributed by atoms with Crippen LogP contribution in [-0.4, -0.2) is 42.6 Å². The van der Waals surface area contributed by atoms with Gasteiger partial charge in [0, 0.05) is 24.2 Å². The van der Waals surface area contributed by atoms with Gasteiger partial charge in [-0.05, 0) is 43.5 Å². The second-order valence-electron chi connectivity index (χ2n) is 6.62. The quantitative estimate of drug-likeness (QED) is 0.765. The SMILES string of the molecule is C[C@H]1CO[C@@H](C(=O)N2CCc3cc(C(F)(F)F)cc(Cl)c3[C@@H]2C)CN1.Cl. The topological polar surface area (TPSA) is 41.6 Å². The Balaban J connectivity index is 0.00000243. The van der Waals surface area contributed by atoms with Crippen molar-refractivity contribution in [3.8, 4) is 0 Å². The molecule has 2 heterocycles. The zero-order valence-corrected chi connectivity index (χ0v) is 16.0. The third-order valence-electron chi connectivity index (χ3n) is 4.81. The Labute approximate surface area is 161 Å². The number of hydrogen-bond acceptors (Lipinski definition) is 3. The molecule has 26 heavy (non-hydrogen) atoms. The minimum atomic E-state index is -4.44. The third kappa shape index (κ3) is 4.11. The first-order valence-electron chi connectivity index (χ1n) is 8.23. The van der Waals surface area contributed by atoms with Gasteiger partial charge in [-0.2, -0.15) is 13.2 Å². The smallest absolute Gasteiger partial charge is 0.365 e. The van der Waals surface area contributed by atoms with Crippen LogP contribution < -0.4 is 5.32 Å². The largest absolute Gasteiger partial charge is 0.416 e. The molecule has 1 fully saturated rings. The molecule has 3 rings (SSSR count). The molecule has 2 aliphatic heterocycles. The highest BCUT2D eigenvalue weighted by atomic mass is 35.5. The molecule has 0 unspecified atom stereocenters. The van der Waals surface area contributed by atoms with Crippen molar-refractivity contribution >= 4 is 29.9 Å². The summed E-state index contributed by atoms with van der Waals surface area (Å²) < 4.78 is 44.5. The molecule has 1 N–H and O–H groups in total. The molecule has 3 atom stereocenters. The number of nitrogens with zero attached hydrogens (tertiary/aromatic N) is 1. The minimum absolute atomic E-state index is 0. The Morgan fingerprint density at radius 1 is 1.35 bits per heavy atom. The lowest BCUT2D eigenvalue weighted by Gasteiger charge is -2.39. The zero-order chi connectivity index (χ0) is 18.4. The molecule has 2 aliphatic rings. The monoisotopic (exact) mass is 412 g/mol. The summed E-state index contributed by atoms with van der Waals surface area (Å²) in [6.07, 6.45) is -4.67. The van der Waals surface area contributed by atoms with Crippen LogP contribution in [0.3, 0.4) is 0 Å². The van der Waals surface area contributed by atoms with E-state index in [2.05, 4.69) is 5.32 Å². The predicted molar refractivity (Wildman–Crippen MR) is 94.7 cm³/mol. The highest BCUT2D eigenvalue weighted by Gasteiger charge is 2.37. The van der Waals surface area contributed by atoms with Gasteiger partial charge in [0.15, 0.2) is 0 Å². The molecule has 1 amide bonds. The van der Waals surface area contributed by atoms with Crippen molar-refractivity contribution in [2.24, 2.45) is 0 Å². The van der Waals surface area contributed by atoms with Gasteiger partial charge in [0.1, 0.15) is 6.10 Å². The Morgan fingerprint density at radius 3 is 2.62 bits per heavy atom. The van der Waals surface area contributed by atoms with E-state index < -0.39 is 23.9 Å². The molecule has 0 spiro atoms. The number of alkyl halides is 3. The maximum Gasteiger partial charge on any atom is 0.416 e. The van der Waals surface area contributed by atoms with Crippen LogP contribution in [0.1, 0.15) is 36.6 Å². The zero-order valence-electron chi connectivity index (χ0n) is 14.4. The van der Waals surface area contributed by atoms with Crippen molar-refractivity contribution in [2.75, 3.05) is 19.7 Å². The summed E-state index contributed by atoms with van der Waals surface area (Å²) in [5.41, 5.74) is 0.385. The van der Waals surface area contributed by atoms with Gasteiger partial charge in [-0.3, -0.25) is 4.79 Å². The number of morpholine rings is 1. The third-order valence-corrected chi connectivity index (χ3v) is 5.12. The lowest BCUT2D eigenvalue weighted by atomic mass is 9.91. The number of amides is 1. The summed E-state index contributed by atoms with van der Waals surface area (Å²) in [4.78, 5) is 14.4. The lowest BCUT2D eigenvalue weighted by molar-refractivity contribution is -0.149. The number of benzene rings is 1. The van der Waals surface area contributed by atoms with Gasteiger partial charge < -0.3 is 15.0 Å². The van der Waals surface area contributed by atoms with Crippen LogP contribution in [-0.2, 0) is 22.1 Å². The van der Waals surface area contributed by atoms with Crippen LogP contribution in [0.2, 0.25) is 5.02 Å². The molecule has 4 nitrogen and oxygen atoms in total. The average Bonchev–Trinajstić information content (AvgIpc) is 2.54. The molecule has 1 saturated heterocycles. The maximum absolute atomic E-state index is 13.0. The maximum atomic E-state index is 13.0. The van der Waals surface area contributed by atoms with E-state index in [1.54, 1.807) is 11.8 Å². The van der Waals surface area contributed by atoms with Gasteiger partial charge in [-0.25, -0.2) is 0 Å². The number of nitrogens with one attached hydrogen (secondary N) is 1. The van der Waals surface area contributed by atoms with E-state index >= 15 is 0 Å². The Hall–Kier alpha value is -1.02. The molecular formula is C17H21Cl2F3N2O2. The summed E-state index contributed by atoms with van der Waals surface area (Å²) in [7, 11) is 0. The van der Waals surface area contributed by atoms with Crippen molar-refractivity contribution in [3.05, 3.63) is 33.8 Å². The van der Waals surface area contributed by atoms with Gasteiger partial charge in [0.05, 0.1) is 18.2 Å². The second kappa shape index (κ2) is 7.92. The summed E-state index contributed by atoms with van der Waals surface area (Å²) >= 11 is 6.14. The normalized spacial score (nSPS) is 26.1. The van der Waals surface area contributed by atoms with Crippen LogP contribution in [0.4, 0.5) is 13.2 Å². The van der Waals surface area contributed by atoms with E-state index in [1.165, 1.54) is 0 Å². The van der Waals surface area contributed by atoms with Crippen molar-refractivity contribution in [3.63, 3.8) is 0 Å². The van der Waals surface area contributed by atoms with E-state index in [0.717, 1.165) is 12.1 Å². The fraction of sp³-hybridized carbons (Fsp3) is 0.588. The number of carbonyl (C=O) groups excluding carboxylic acids is 1. The first-order chi connectivity index (χ1) is 11.7. The van der Waals surface area contributed by atoms with E-state index in [0.29, 0.717) is 37.2 Å². The fourth-order valence-electron chi connectivity index (χ4n) is 3.43. The first kappa shape index (κ1) is 21.3. The van der Waals surface area contributed by atoms with Gasteiger partial charge in [0.25, 0.3) is 5.91 Å². The van der Waals surface area contributed by atoms with Crippen molar-refractivity contribution in [2.45, 2.75) is 44.6 Å². The van der Waals surface area contributed by atoms with Crippen LogP contribution in [0.25, 0.3) is 0 Å². The number of ether oxygens (including phenoxy) is 1. The number of halogens is 5. The van der Waals surface area contributed by atoms with E-state index in [9.17, 15) is 18.0 Å². The summed E-state index contributed by atoms with van der Waals surface area (Å²) in [6.45, 7) is 4.98. The van der Waals surface area contributed by atoms with Crippen molar-refractivity contribution in [1.82, 2.24) is 10.2 Å². The number of carbonyl (C=O) groups is 1. The Kier molecular flexibility index (Phi) is 6.48. The van der Waals surface area contributed by atoms with Crippen LogP contribution in [0.15, 0.2) is 12.1 Å². The van der Waals surface area contributed by atoms with Gasteiger partial charge in [0.2, 0.25) is 0 Å². The number of rotatable bonds is 1. The van der Waals surface area contributed by atoms with E-state index in [1.807, 2.05) is 6.92 Å². The second-order valence-corrected chi connectivity index (χ2v) is 7.02. The molecule has 1 aromatic rings. The molecule has 0 radical (unpaired) electrons. The molecule has 0 saturated carbocycles. The molecule has 146 valence electrons. The first-order valence-corrected chi connectivity index (χ1v) is 8.61. The van der Waals surface area contributed by atoms with Crippen molar-refractivity contribution < 1.29 is 22.7 Å². The van der Waals surface area contributed by atoms with E-state index in [-0.39, 0.29) is 29.4 Å². The fourth-order valence-corrected chi connectivity index (χ4v) is 3.83. The van der Waals surface area contributed by atoms with Crippen LogP contribution in [0, 0.1) is 0 Å². The van der Waals surface area contributed by atoms with Crippen molar-refractivity contribution in [1.29, 1.82) is 0 Å². The molecular weight excluding hydrogens is 392 g/mol. The molecule has 0 bridgehead atoms. The summed E-state index contributed by atoms with van der Waals surface area (Å²) in [5, 5.41) is 3.25. The number of fused-ring (bicyclic) bond motifs is 1. The molecule has 0 aliphatic carbocycles. The minimum Gasteiger partial charge on any atom is -0.365 e. The summed E-state index contributed by atoms with van der Waals surface area (Å²) in [6, 6.07) is 1.87. The molecule has 9 heteroatoms. The standard InChI is InChI=1S/C17H20ClF3N2O2.ClH/c1-9-8-25-14(7-22-9)16(24)23-4-3-11-5-12(17(19,20)21)6-13(18)15(11)10(23)2;/h5-6,9-10,14,22H,3-4,7-8H2,1-2H3;1H/t9-,10-,14+;/m0./s1. The predicted octanol–water partition coefficient (Wildman–Crippen LogP) is 3.60. The van der Waals surface area contributed by atoms with Gasteiger partial charge >= 0.3 is 6.18 Å². The molecule has 0 aromatic heterocycles.